The third-order valence-electron chi connectivity index (χ3n) is 2.98. The average Bonchev–Trinajstić information content (AvgIpc) is 2.60. The number of carbonyl (C=O) groups is 2. The minimum Gasteiger partial charge on any atom is -0.546 e. The molecule has 2 rings (SSSR count). The van der Waals surface area contributed by atoms with Crippen molar-refractivity contribution in [1.82, 2.24) is 0 Å². The number of hydrogen-bond acceptors (Lipinski definition) is 4. The van der Waals surface area contributed by atoms with Crippen LogP contribution in [0.4, 0.5) is 0 Å². The molecule has 0 saturated carbocycles. The van der Waals surface area contributed by atoms with Crippen molar-refractivity contribution in [2.24, 2.45) is 0 Å². The van der Waals surface area contributed by atoms with E-state index in [1.165, 1.54) is 0 Å². The molecule has 1 aromatic carbocycles. The van der Waals surface area contributed by atoms with E-state index < -0.39 is 12.6 Å². The molecule has 1 aromatic rings. The summed E-state index contributed by atoms with van der Waals surface area (Å²) < 4.78 is 5.23. The quantitative estimate of drug-likeness (QED) is 0.765. The molecule has 0 unspecified atom stereocenters. The van der Waals surface area contributed by atoms with Gasteiger partial charge >= 0.3 is 0 Å². The number of hydrogen-bond donors (Lipinski definition) is 0. The molecule has 90 valence electrons. The molecule has 0 spiro atoms. The normalized spacial score (nSPS) is 13.6. The maximum absolute atomic E-state index is 11.7. The summed E-state index contributed by atoms with van der Waals surface area (Å²) in [5.74, 6) is -0.625. The highest BCUT2D eigenvalue weighted by atomic mass is 16.5. The second-order valence-corrected chi connectivity index (χ2v) is 4.28. The van der Waals surface area contributed by atoms with E-state index in [1.807, 2.05) is 19.9 Å². The predicted molar refractivity (Wildman–Crippen MR) is 59.1 cm³/mol. The van der Waals surface area contributed by atoms with Crippen LogP contribution in [-0.2, 0) is 11.2 Å². The number of carboxylic acids is 1. The summed E-state index contributed by atoms with van der Waals surface area (Å²) in [6.45, 7) is 3.25. The molecule has 1 aliphatic carbocycles. The van der Waals surface area contributed by atoms with Crippen molar-refractivity contribution in [3.05, 3.63) is 28.3 Å². The van der Waals surface area contributed by atoms with Crippen LogP contribution in [0, 0.1) is 13.8 Å². The first-order valence-electron chi connectivity index (χ1n) is 5.49. The van der Waals surface area contributed by atoms with Crippen LogP contribution in [-0.4, -0.2) is 18.4 Å². The summed E-state index contributed by atoms with van der Waals surface area (Å²) in [5, 5.41) is 10.4. The lowest BCUT2D eigenvalue weighted by molar-refractivity contribution is -0.307. The van der Waals surface area contributed by atoms with E-state index in [0.717, 1.165) is 16.7 Å². The number of ether oxygens (including phenoxy) is 1. The zero-order chi connectivity index (χ0) is 12.6. The molecule has 0 radical (unpaired) electrons. The Bertz CT molecular complexity index is 503. The number of ketones is 1. The zero-order valence-corrected chi connectivity index (χ0v) is 9.83. The Morgan fingerprint density at radius 1 is 1.35 bits per heavy atom. The predicted octanol–water partition coefficient (Wildman–Crippen LogP) is 0.561. The maximum Gasteiger partial charge on any atom is 0.163 e. The number of benzene rings is 1. The Balaban J connectivity index is 2.45. The molecule has 4 nitrogen and oxygen atoms in total. The smallest absolute Gasteiger partial charge is 0.163 e. The Kier molecular flexibility index (Phi) is 2.88. The van der Waals surface area contributed by atoms with Gasteiger partial charge in [0.1, 0.15) is 12.4 Å². The Labute approximate surface area is 99.2 Å². The van der Waals surface area contributed by atoms with E-state index in [0.29, 0.717) is 24.2 Å². The van der Waals surface area contributed by atoms with Crippen molar-refractivity contribution in [2.75, 3.05) is 6.61 Å². The molecule has 0 heterocycles. The third-order valence-corrected chi connectivity index (χ3v) is 2.98. The molecule has 17 heavy (non-hydrogen) atoms. The zero-order valence-electron chi connectivity index (χ0n) is 9.83. The van der Waals surface area contributed by atoms with Crippen LogP contribution >= 0.6 is 0 Å². The lowest BCUT2D eigenvalue weighted by Gasteiger charge is -2.15. The van der Waals surface area contributed by atoms with Gasteiger partial charge in [0.15, 0.2) is 5.78 Å². The number of aryl methyl sites for hydroxylation is 2. The van der Waals surface area contributed by atoms with Gasteiger partial charge in [-0.05, 0) is 31.4 Å². The highest BCUT2D eigenvalue weighted by molar-refractivity contribution is 6.02. The largest absolute Gasteiger partial charge is 0.546 e. The maximum atomic E-state index is 11.7. The van der Waals surface area contributed by atoms with Gasteiger partial charge in [0, 0.05) is 17.5 Å². The summed E-state index contributed by atoms with van der Waals surface area (Å²) in [6.07, 6.45) is 1.10. The van der Waals surface area contributed by atoms with E-state index >= 15 is 0 Å². The average molecular weight is 233 g/mol. The highest BCUT2D eigenvalue weighted by Crippen LogP contribution is 2.35. The first kappa shape index (κ1) is 11.6. The molecule has 0 saturated heterocycles. The van der Waals surface area contributed by atoms with Crippen molar-refractivity contribution >= 4 is 11.8 Å². The van der Waals surface area contributed by atoms with Crippen molar-refractivity contribution < 1.29 is 19.4 Å². The van der Waals surface area contributed by atoms with Crippen molar-refractivity contribution in [3.8, 4) is 5.75 Å². The summed E-state index contributed by atoms with van der Waals surface area (Å²) in [7, 11) is 0. The van der Waals surface area contributed by atoms with Gasteiger partial charge in [0.25, 0.3) is 0 Å². The molecule has 0 atom stereocenters. The number of carbonyl (C=O) groups excluding carboxylic acids is 2. The Hall–Kier alpha value is -1.84. The molecule has 0 amide bonds. The fourth-order valence-electron chi connectivity index (χ4n) is 2.37. The number of rotatable bonds is 3. The fourth-order valence-corrected chi connectivity index (χ4v) is 2.37. The molecule has 0 bridgehead atoms. The van der Waals surface area contributed by atoms with Crippen molar-refractivity contribution in [2.45, 2.75) is 26.7 Å². The van der Waals surface area contributed by atoms with Crippen LogP contribution in [0.15, 0.2) is 6.07 Å². The molecule has 0 N–H and O–H groups in total. The highest BCUT2D eigenvalue weighted by Gasteiger charge is 2.26. The van der Waals surface area contributed by atoms with Gasteiger partial charge in [0.2, 0.25) is 0 Å². The van der Waals surface area contributed by atoms with Gasteiger partial charge in [-0.25, -0.2) is 0 Å². The Morgan fingerprint density at radius 3 is 2.71 bits per heavy atom. The van der Waals surface area contributed by atoms with E-state index in [-0.39, 0.29) is 5.78 Å². The molecular weight excluding hydrogens is 220 g/mol. The topological polar surface area (TPSA) is 66.4 Å². The van der Waals surface area contributed by atoms with Crippen molar-refractivity contribution in [3.63, 3.8) is 0 Å². The third kappa shape index (κ3) is 2.02. The van der Waals surface area contributed by atoms with E-state index in [4.69, 9.17) is 4.74 Å². The van der Waals surface area contributed by atoms with Gasteiger partial charge in [-0.2, -0.15) is 0 Å². The van der Waals surface area contributed by atoms with Gasteiger partial charge in [-0.15, -0.1) is 0 Å². The fraction of sp³-hybridized carbons (Fsp3) is 0.385. The molecule has 0 aromatic heterocycles. The monoisotopic (exact) mass is 233 g/mol. The lowest BCUT2D eigenvalue weighted by atomic mass is 9.99. The van der Waals surface area contributed by atoms with Gasteiger partial charge < -0.3 is 14.6 Å². The number of Topliss-reactive ketones (excluding diaryl/α,β-unsaturated/α-hetero) is 1. The van der Waals surface area contributed by atoms with Gasteiger partial charge in [-0.3, -0.25) is 4.79 Å². The van der Waals surface area contributed by atoms with E-state index in [9.17, 15) is 14.7 Å². The summed E-state index contributed by atoms with van der Waals surface area (Å²) in [4.78, 5) is 22.1. The van der Waals surface area contributed by atoms with Crippen LogP contribution in [0.5, 0.6) is 5.75 Å². The van der Waals surface area contributed by atoms with Crippen LogP contribution in [0.2, 0.25) is 0 Å². The lowest BCUT2D eigenvalue weighted by Crippen LogP contribution is -2.29. The van der Waals surface area contributed by atoms with Gasteiger partial charge in [0.05, 0.1) is 5.97 Å². The summed E-state index contributed by atoms with van der Waals surface area (Å²) in [5.41, 5.74) is 3.33. The summed E-state index contributed by atoms with van der Waals surface area (Å²) in [6, 6.07) is 1.85. The first-order chi connectivity index (χ1) is 8.00. The standard InChI is InChI=1S/C13H14O4/c1-7-5-8(2)13(17-6-11(15)16)9-3-4-10(14)12(7)9/h5H,3-4,6H2,1-2H3,(H,15,16)/p-1. The van der Waals surface area contributed by atoms with Crippen LogP contribution in [0.1, 0.15) is 33.5 Å². The molecule has 4 heteroatoms. The molecule has 0 aliphatic heterocycles. The number of fused-ring (bicyclic) bond motifs is 1. The van der Waals surface area contributed by atoms with Crippen molar-refractivity contribution in [1.29, 1.82) is 0 Å². The molecule has 0 fully saturated rings. The minimum atomic E-state index is -1.26. The molecular formula is C13H13O4-. The van der Waals surface area contributed by atoms with Crippen LogP contribution in [0.3, 0.4) is 0 Å². The van der Waals surface area contributed by atoms with Crippen LogP contribution in [0.25, 0.3) is 0 Å². The SMILES string of the molecule is Cc1cc(C)c2c(c1OCC(=O)[O-])CCC2=O. The summed E-state index contributed by atoms with van der Waals surface area (Å²) >= 11 is 0. The first-order valence-corrected chi connectivity index (χ1v) is 5.49. The van der Waals surface area contributed by atoms with Gasteiger partial charge in [-0.1, -0.05) is 6.07 Å². The second-order valence-electron chi connectivity index (χ2n) is 4.28. The Morgan fingerprint density at radius 2 is 2.06 bits per heavy atom. The van der Waals surface area contributed by atoms with E-state index in [1.54, 1.807) is 0 Å². The second kappa shape index (κ2) is 4.20. The minimum absolute atomic E-state index is 0.107. The number of aliphatic carboxylic acids is 1. The molecule has 1 aliphatic rings. The van der Waals surface area contributed by atoms with E-state index in [2.05, 4.69) is 0 Å². The number of carboxylic acid groups (broad SMARTS) is 1. The van der Waals surface area contributed by atoms with Crippen LogP contribution < -0.4 is 9.84 Å².